The molecule has 0 bridgehead atoms. The molecule has 0 saturated carbocycles. The topological polar surface area (TPSA) is 100 Å². The first-order valence-electron chi connectivity index (χ1n) is 7.29. The molecule has 0 aliphatic rings. The molecule has 120 valence electrons. The molecule has 0 saturated heterocycles. The van der Waals surface area contributed by atoms with E-state index in [1.807, 2.05) is 6.92 Å². The Kier molecular flexibility index (Phi) is 3.73. The molecule has 1 aromatic heterocycles. The fraction of sp³-hybridized carbons (Fsp3) is 0.235. The molecule has 3 rings (SSSR count). The summed E-state index contributed by atoms with van der Waals surface area (Å²) in [6.07, 6.45) is 1.74. The average Bonchev–Trinajstić information content (AvgIpc) is 2.49. The van der Waals surface area contributed by atoms with Crippen LogP contribution < -0.4 is 10.2 Å². The van der Waals surface area contributed by atoms with Crippen molar-refractivity contribution >= 4 is 21.9 Å². The van der Waals surface area contributed by atoms with E-state index in [1.165, 1.54) is 12.1 Å². The summed E-state index contributed by atoms with van der Waals surface area (Å²) in [7, 11) is 0. The lowest BCUT2D eigenvalue weighted by Gasteiger charge is -2.10. The number of hydrogen-bond acceptors (Lipinski definition) is 6. The minimum absolute atomic E-state index is 0.0884. The lowest BCUT2D eigenvalue weighted by atomic mass is 10.1. The first-order chi connectivity index (χ1) is 11.0. The molecule has 0 atom stereocenters. The van der Waals surface area contributed by atoms with Gasteiger partial charge in [-0.05, 0) is 12.5 Å². The molecule has 1 heterocycles. The lowest BCUT2D eigenvalue weighted by Crippen LogP contribution is -2.06. The van der Waals surface area contributed by atoms with Gasteiger partial charge in [-0.2, -0.15) is 0 Å². The van der Waals surface area contributed by atoms with E-state index in [0.717, 1.165) is 25.0 Å². The Morgan fingerprint density at radius 1 is 1.04 bits per heavy atom. The van der Waals surface area contributed by atoms with Gasteiger partial charge in [0, 0.05) is 18.2 Å². The summed E-state index contributed by atoms with van der Waals surface area (Å²) in [5.74, 6) is -0.651. The predicted molar refractivity (Wildman–Crippen MR) is 85.4 cm³/mol. The van der Waals surface area contributed by atoms with Crippen LogP contribution in [0.1, 0.15) is 19.8 Å². The maximum absolute atomic E-state index is 12.7. The van der Waals surface area contributed by atoms with Gasteiger partial charge in [0.05, 0.1) is 12.0 Å². The van der Waals surface area contributed by atoms with Crippen molar-refractivity contribution in [3.05, 3.63) is 34.5 Å². The van der Waals surface area contributed by atoms with Gasteiger partial charge in [0.1, 0.15) is 28.1 Å². The minimum atomic E-state index is -0.406. The number of ether oxygens (including phenoxy) is 1. The van der Waals surface area contributed by atoms with Crippen molar-refractivity contribution in [2.75, 3.05) is 6.61 Å². The van der Waals surface area contributed by atoms with Crippen LogP contribution in [-0.4, -0.2) is 21.9 Å². The SMILES string of the molecule is CCCCOc1cc(O)cc2oc3cc(O)c(O)cc3c(=O)c12. The van der Waals surface area contributed by atoms with Crippen LogP contribution in [0.5, 0.6) is 23.0 Å². The van der Waals surface area contributed by atoms with Gasteiger partial charge in [0.15, 0.2) is 11.5 Å². The summed E-state index contributed by atoms with van der Waals surface area (Å²) in [6.45, 7) is 2.43. The van der Waals surface area contributed by atoms with Gasteiger partial charge in [-0.15, -0.1) is 0 Å². The average molecular weight is 316 g/mol. The summed E-state index contributed by atoms with van der Waals surface area (Å²) in [5.41, 5.74) is -0.134. The molecule has 6 heteroatoms. The summed E-state index contributed by atoms with van der Waals surface area (Å²) in [5, 5.41) is 29.3. The first kappa shape index (κ1) is 15.0. The molecule has 3 N–H and O–H groups in total. The number of hydrogen-bond donors (Lipinski definition) is 3. The third-order valence-corrected chi connectivity index (χ3v) is 3.57. The van der Waals surface area contributed by atoms with E-state index in [1.54, 1.807) is 0 Å². The zero-order valence-electron chi connectivity index (χ0n) is 12.5. The smallest absolute Gasteiger partial charge is 0.204 e. The molecule has 0 spiro atoms. The molecule has 0 aliphatic heterocycles. The summed E-state index contributed by atoms with van der Waals surface area (Å²) >= 11 is 0. The Morgan fingerprint density at radius 3 is 2.52 bits per heavy atom. The normalized spacial score (nSPS) is 11.2. The van der Waals surface area contributed by atoms with Crippen LogP contribution in [0.3, 0.4) is 0 Å². The van der Waals surface area contributed by atoms with Crippen LogP contribution >= 0.6 is 0 Å². The zero-order valence-corrected chi connectivity index (χ0v) is 12.5. The van der Waals surface area contributed by atoms with Crippen molar-refractivity contribution in [2.24, 2.45) is 0 Å². The largest absolute Gasteiger partial charge is 0.508 e. The van der Waals surface area contributed by atoms with Gasteiger partial charge >= 0.3 is 0 Å². The first-order valence-corrected chi connectivity index (χ1v) is 7.29. The number of benzene rings is 2. The minimum Gasteiger partial charge on any atom is -0.508 e. The molecule has 3 aromatic rings. The van der Waals surface area contributed by atoms with E-state index < -0.39 is 11.2 Å². The van der Waals surface area contributed by atoms with Gasteiger partial charge < -0.3 is 24.5 Å². The monoisotopic (exact) mass is 316 g/mol. The number of phenolic OH excluding ortho intramolecular Hbond substituents is 3. The second-order valence-electron chi connectivity index (χ2n) is 5.29. The van der Waals surface area contributed by atoms with Crippen molar-refractivity contribution in [2.45, 2.75) is 19.8 Å². The van der Waals surface area contributed by atoms with Gasteiger partial charge in [-0.1, -0.05) is 13.3 Å². The van der Waals surface area contributed by atoms with Crippen LogP contribution in [0, 0.1) is 0 Å². The Morgan fingerprint density at radius 2 is 1.78 bits per heavy atom. The number of aromatic hydroxyl groups is 3. The Labute approximate surface area is 131 Å². The second-order valence-corrected chi connectivity index (χ2v) is 5.29. The van der Waals surface area contributed by atoms with E-state index in [-0.39, 0.29) is 39.2 Å². The number of phenols is 3. The van der Waals surface area contributed by atoms with Crippen LogP contribution in [0.25, 0.3) is 21.9 Å². The van der Waals surface area contributed by atoms with E-state index >= 15 is 0 Å². The fourth-order valence-electron chi connectivity index (χ4n) is 2.39. The second kappa shape index (κ2) is 5.72. The standard InChI is InChI=1S/C17H16O6/c1-2-3-4-22-14-5-9(18)6-15-16(14)17(21)10-7-11(19)12(20)8-13(10)23-15/h5-8,18-20H,2-4H2,1H3. The molecule has 0 radical (unpaired) electrons. The van der Waals surface area contributed by atoms with E-state index in [2.05, 4.69) is 0 Å². The molecule has 2 aromatic carbocycles. The fourth-order valence-corrected chi connectivity index (χ4v) is 2.39. The molecule has 6 nitrogen and oxygen atoms in total. The maximum atomic E-state index is 12.7. The molecular weight excluding hydrogens is 300 g/mol. The number of fused-ring (bicyclic) bond motifs is 2. The van der Waals surface area contributed by atoms with Gasteiger partial charge in [-0.3, -0.25) is 4.79 Å². The van der Waals surface area contributed by atoms with Crippen LogP contribution in [0.4, 0.5) is 0 Å². The van der Waals surface area contributed by atoms with Crippen molar-refractivity contribution in [1.29, 1.82) is 0 Å². The quantitative estimate of drug-likeness (QED) is 0.388. The Balaban J connectivity index is 2.30. The van der Waals surface area contributed by atoms with Crippen LogP contribution in [-0.2, 0) is 0 Å². The highest BCUT2D eigenvalue weighted by Gasteiger charge is 2.16. The van der Waals surface area contributed by atoms with Crippen LogP contribution in [0.15, 0.2) is 33.5 Å². The molecular formula is C17H16O6. The van der Waals surface area contributed by atoms with E-state index in [0.29, 0.717) is 6.61 Å². The third-order valence-electron chi connectivity index (χ3n) is 3.57. The molecule has 23 heavy (non-hydrogen) atoms. The summed E-state index contributed by atoms with van der Waals surface area (Å²) in [6, 6.07) is 4.99. The van der Waals surface area contributed by atoms with Gasteiger partial charge in [0.2, 0.25) is 5.43 Å². The highest BCUT2D eigenvalue weighted by Crippen LogP contribution is 2.34. The zero-order chi connectivity index (χ0) is 16.6. The highest BCUT2D eigenvalue weighted by molar-refractivity contribution is 5.95. The van der Waals surface area contributed by atoms with E-state index in [4.69, 9.17) is 9.15 Å². The summed E-state index contributed by atoms with van der Waals surface area (Å²) in [4.78, 5) is 12.7. The predicted octanol–water partition coefficient (Wildman–Crippen LogP) is 3.24. The highest BCUT2D eigenvalue weighted by atomic mass is 16.5. The Bertz CT molecular complexity index is 941. The van der Waals surface area contributed by atoms with Crippen molar-refractivity contribution < 1.29 is 24.5 Å². The molecule has 0 fully saturated rings. The van der Waals surface area contributed by atoms with Crippen molar-refractivity contribution in [1.82, 2.24) is 0 Å². The third kappa shape index (κ3) is 2.63. The van der Waals surface area contributed by atoms with E-state index in [9.17, 15) is 20.1 Å². The van der Waals surface area contributed by atoms with Crippen molar-refractivity contribution in [3.63, 3.8) is 0 Å². The van der Waals surface area contributed by atoms with Gasteiger partial charge in [-0.25, -0.2) is 0 Å². The van der Waals surface area contributed by atoms with Gasteiger partial charge in [0.25, 0.3) is 0 Å². The molecule has 0 unspecified atom stereocenters. The molecule has 0 amide bonds. The Hall–Kier alpha value is -2.89. The van der Waals surface area contributed by atoms with Crippen LogP contribution in [0.2, 0.25) is 0 Å². The van der Waals surface area contributed by atoms with Crippen molar-refractivity contribution in [3.8, 4) is 23.0 Å². The maximum Gasteiger partial charge on any atom is 0.204 e. The number of rotatable bonds is 4. The lowest BCUT2D eigenvalue weighted by molar-refractivity contribution is 0.311. The summed E-state index contributed by atoms with van der Waals surface area (Å²) < 4.78 is 11.2. The number of unbranched alkanes of at least 4 members (excludes halogenated alkanes) is 1. The molecule has 0 aliphatic carbocycles.